The average molecular weight is 327 g/mol. The molecule has 5 heteroatoms. The summed E-state index contributed by atoms with van der Waals surface area (Å²) in [5.41, 5.74) is 7.99. The zero-order valence-corrected chi connectivity index (χ0v) is 12.5. The second-order valence-electron chi connectivity index (χ2n) is 5.12. The first kappa shape index (κ1) is 13.4. The molecule has 1 aromatic carbocycles. The van der Waals surface area contributed by atoms with Crippen molar-refractivity contribution in [1.29, 1.82) is 0 Å². The fourth-order valence-corrected chi connectivity index (χ4v) is 3.54. The molecule has 0 radical (unpaired) electrons. The number of hydrogen-bond acceptors (Lipinski definition) is 4. The fourth-order valence-electron chi connectivity index (χ4n) is 2.86. The van der Waals surface area contributed by atoms with Gasteiger partial charge in [0.1, 0.15) is 0 Å². The molecule has 3 rings (SSSR count). The van der Waals surface area contributed by atoms with E-state index in [4.69, 9.17) is 15.2 Å². The van der Waals surface area contributed by atoms with Crippen molar-refractivity contribution < 1.29 is 9.47 Å². The number of ether oxygens (including phenoxy) is 2. The van der Waals surface area contributed by atoms with Gasteiger partial charge in [-0.05, 0) is 40.0 Å². The van der Waals surface area contributed by atoms with Crippen LogP contribution in [0.5, 0.6) is 0 Å². The molecule has 2 saturated heterocycles. The number of halogens is 1. The van der Waals surface area contributed by atoms with E-state index in [0.717, 1.165) is 36.0 Å². The zero-order valence-electron chi connectivity index (χ0n) is 10.9. The third-order valence-corrected chi connectivity index (χ3v) is 4.45. The molecule has 19 heavy (non-hydrogen) atoms. The van der Waals surface area contributed by atoms with Crippen LogP contribution in [0, 0.1) is 0 Å². The van der Waals surface area contributed by atoms with Crippen molar-refractivity contribution in [2.45, 2.75) is 25.2 Å². The van der Waals surface area contributed by atoms with E-state index in [9.17, 15) is 0 Å². The lowest BCUT2D eigenvalue weighted by atomic mass is 10.0. The monoisotopic (exact) mass is 326 g/mol. The van der Waals surface area contributed by atoms with Gasteiger partial charge in [0.2, 0.25) is 0 Å². The van der Waals surface area contributed by atoms with Crippen LogP contribution >= 0.6 is 15.9 Å². The maximum absolute atomic E-state index is 5.82. The van der Waals surface area contributed by atoms with E-state index in [0.29, 0.717) is 19.8 Å². The maximum Gasteiger partial charge on any atom is 0.186 e. The molecule has 0 aromatic heterocycles. The van der Waals surface area contributed by atoms with Gasteiger partial charge in [-0.3, -0.25) is 0 Å². The lowest BCUT2D eigenvalue weighted by Crippen LogP contribution is -2.49. The van der Waals surface area contributed by atoms with Crippen LogP contribution in [0.25, 0.3) is 0 Å². The Hall–Kier alpha value is -0.620. The van der Waals surface area contributed by atoms with Crippen molar-refractivity contribution in [2.24, 2.45) is 5.73 Å². The van der Waals surface area contributed by atoms with E-state index in [1.165, 1.54) is 5.69 Å². The van der Waals surface area contributed by atoms with E-state index in [-0.39, 0.29) is 5.79 Å². The molecule has 2 N–H and O–H groups in total. The van der Waals surface area contributed by atoms with E-state index in [1.807, 2.05) is 0 Å². The molecule has 0 unspecified atom stereocenters. The molecule has 2 aliphatic rings. The summed E-state index contributed by atoms with van der Waals surface area (Å²) in [4.78, 5) is 2.33. The molecular weight excluding hydrogens is 308 g/mol. The summed E-state index contributed by atoms with van der Waals surface area (Å²) in [5, 5.41) is 0. The molecule has 0 aliphatic carbocycles. The van der Waals surface area contributed by atoms with Crippen molar-refractivity contribution in [3.8, 4) is 0 Å². The summed E-state index contributed by atoms with van der Waals surface area (Å²) in [7, 11) is 0. The minimum atomic E-state index is -0.385. The lowest BCUT2D eigenvalue weighted by molar-refractivity contribution is -0.161. The van der Waals surface area contributed by atoms with E-state index in [1.54, 1.807) is 0 Å². The predicted octanol–water partition coefficient (Wildman–Crippen LogP) is 2.25. The van der Waals surface area contributed by atoms with Crippen LogP contribution in [0.2, 0.25) is 0 Å². The summed E-state index contributed by atoms with van der Waals surface area (Å²) in [6, 6.07) is 6.30. The van der Waals surface area contributed by atoms with Gasteiger partial charge in [-0.25, -0.2) is 0 Å². The SMILES string of the molecule is NCc1ccc(N2CCCC3(C2)OCCO3)c(Br)c1. The molecule has 0 atom stereocenters. The van der Waals surface area contributed by atoms with Gasteiger partial charge >= 0.3 is 0 Å². The molecule has 2 aliphatic heterocycles. The molecule has 1 aromatic rings. The fraction of sp³-hybridized carbons (Fsp3) is 0.571. The Labute approximate surface area is 122 Å². The molecular formula is C14H19BrN2O2. The second kappa shape index (κ2) is 5.40. The number of nitrogens with zero attached hydrogens (tertiary/aromatic N) is 1. The normalized spacial score (nSPS) is 22.1. The van der Waals surface area contributed by atoms with Crippen LogP contribution in [0.15, 0.2) is 22.7 Å². The van der Waals surface area contributed by atoms with Crippen molar-refractivity contribution in [3.63, 3.8) is 0 Å². The topological polar surface area (TPSA) is 47.7 Å². The van der Waals surface area contributed by atoms with Crippen molar-refractivity contribution in [3.05, 3.63) is 28.2 Å². The number of nitrogens with two attached hydrogens (primary N) is 1. The standard InChI is InChI=1S/C14H19BrN2O2/c15-12-8-11(9-16)2-3-13(12)17-5-1-4-14(10-17)18-6-7-19-14/h2-3,8H,1,4-7,9-10,16H2. The Bertz CT molecular complexity index is 461. The summed E-state index contributed by atoms with van der Waals surface area (Å²) in [6.45, 7) is 3.82. The van der Waals surface area contributed by atoms with Crippen LogP contribution in [-0.4, -0.2) is 32.1 Å². The van der Waals surface area contributed by atoms with Gasteiger partial charge in [-0.1, -0.05) is 6.07 Å². The van der Waals surface area contributed by atoms with Crippen LogP contribution in [-0.2, 0) is 16.0 Å². The number of benzene rings is 1. The highest BCUT2D eigenvalue weighted by Crippen LogP contribution is 2.35. The molecule has 1 spiro atoms. The van der Waals surface area contributed by atoms with Crippen molar-refractivity contribution in [1.82, 2.24) is 0 Å². The zero-order chi connectivity index (χ0) is 13.3. The van der Waals surface area contributed by atoms with Crippen LogP contribution in [0.3, 0.4) is 0 Å². The lowest BCUT2D eigenvalue weighted by Gasteiger charge is -2.40. The Morgan fingerprint density at radius 2 is 2.11 bits per heavy atom. The average Bonchev–Trinajstić information content (AvgIpc) is 2.86. The van der Waals surface area contributed by atoms with Gasteiger partial charge in [0, 0.05) is 24.0 Å². The quantitative estimate of drug-likeness (QED) is 0.905. The Balaban J connectivity index is 1.81. The molecule has 104 valence electrons. The number of anilines is 1. The number of piperidine rings is 1. The van der Waals surface area contributed by atoms with Crippen LogP contribution in [0.4, 0.5) is 5.69 Å². The van der Waals surface area contributed by atoms with Crippen LogP contribution in [0.1, 0.15) is 18.4 Å². The van der Waals surface area contributed by atoms with Gasteiger partial charge in [-0.2, -0.15) is 0 Å². The number of hydrogen-bond donors (Lipinski definition) is 1. The third-order valence-electron chi connectivity index (χ3n) is 3.82. The first-order valence-corrected chi connectivity index (χ1v) is 7.53. The summed E-state index contributed by atoms with van der Waals surface area (Å²) >= 11 is 3.64. The molecule has 0 amide bonds. The first-order valence-electron chi connectivity index (χ1n) is 6.74. The highest BCUT2D eigenvalue weighted by molar-refractivity contribution is 9.10. The highest BCUT2D eigenvalue weighted by atomic mass is 79.9. The van der Waals surface area contributed by atoms with Gasteiger partial charge < -0.3 is 20.1 Å². The van der Waals surface area contributed by atoms with Gasteiger partial charge in [0.05, 0.1) is 25.4 Å². The molecule has 2 heterocycles. The van der Waals surface area contributed by atoms with E-state index < -0.39 is 0 Å². The molecule has 4 nitrogen and oxygen atoms in total. The summed E-state index contributed by atoms with van der Waals surface area (Å²) in [6.07, 6.45) is 2.08. The van der Waals surface area contributed by atoms with E-state index >= 15 is 0 Å². The largest absolute Gasteiger partial charge is 0.365 e. The highest BCUT2D eigenvalue weighted by Gasteiger charge is 2.41. The van der Waals surface area contributed by atoms with Crippen LogP contribution < -0.4 is 10.6 Å². The van der Waals surface area contributed by atoms with Crippen molar-refractivity contribution >= 4 is 21.6 Å². The first-order chi connectivity index (χ1) is 9.22. The van der Waals surface area contributed by atoms with Crippen molar-refractivity contribution in [2.75, 3.05) is 31.2 Å². The third kappa shape index (κ3) is 2.65. The minimum Gasteiger partial charge on any atom is -0.365 e. The van der Waals surface area contributed by atoms with Gasteiger partial charge in [-0.15, -0.1) is 0 Å². The van der Waals surface area contributed by atoms with Gasteiger partial charge in [0.25, 0.3) is 0 Å². The number of rotatable bonds is 2. The summed E-state index contributed by atoms with van der Waals surface area (Å²) in [5.74, 6) is -0.385. The minimum absolute atomic E-state index is 0.385. The Morgan fingerprint density at radius 1 is 1.32 bits per heavy atom. The van der Waals surface area contributed by atoms with E-state index in [2.05, 4.69) is 39.0 Å². The molecule has 2 fully saturated rings. The van der Waals surface area contributed by atoms with Gasteiger partial charge in [0.15, 0.2) is 5.79 Å². The summed E-state index contributed by atoms with van der Waals surface area (Å²) < 4.78 is 12.7. The molecule has 0 saturated carbocycles. The predicted molar refractivity (Wildman–Crippen MR) is 78.1 cm³/mol. The Kier molecular flexibility index (Phi) is 3.80. The maximum atomic E-state index is 5.82. The smallest absolute Gasteiger partial charge is 0.186 e. The second-order valence-corrected chi connectivity index (χ2v) is 5.98. The molecule has 0 bridgehead atoms. The Morgan fingerprint density at radius 3 is 2.79 bits per heavy atom.